The van der Waals surface area contributed by atoms with Crippen LogP contribution in [0.25, 0.3) is 0 Å². The lowest BCUT2D eigenvalue weighted by Gasteiger charge is -2.40. The molecule has 9 heteroatoms. The Hall–Kier alpha value is -3.59. The molecule has 0 bridgehead atoms. The summed E-state index contributed by atoms with van der Waals surface area (Å²) in [6, 6.07) is 10.8. The van der Waals surface area contributed by atoms with E-state index < -0.39 is 6.17 Å². The van der Waals surface area contributed by atoms with Crippen molar-refractivity contribution in [3.8, 4) is 11.5 Å². The van der Waals surface area contributed by atoms with E-state index in [-0.39, 0.29) is 24.3 Å². The highest BCUT2D eigenvalue weighted by molar-refractivity contribution is 6.18. The molecule has 2 aromatic rings. The number of likely N-dealkylation sites (tertiary alicyclic amines) is 1. The van der Waals surface area contributed by atoms with Crippen molar-refractivity contribution in [1.29, 1.82) is 0 Å². The van der Waals surface area contributed by atoms with Crippen molar-refractivity contribution in [2.75, 3.05) is 45.3 Å². The maximum Gasteiger partial charge on any atom is 0.264 e. The summed E-state index contributed by atoms with van der Waals surface area (Å²) in [6.45, 7) is 4.49. The van der Waals surface area contributed by atoms with Gasteiger partial charge >= 0.3 is 0 Å². The highest BCUT2D eigenvalue weighted by atomic mass is 16.5. The summed E-state index contributed by atoms with van der Waals surface area (Å²) in [4.78, 5) is 45.7. The third-order valence-electron chi connectivity index (χ3n) is 7.24. The molecule has 2 aromatic carbocycles. The van der Waals surface area contributed by atoms with Crippen LogP contribution in [-0.2, 0) is 4.79 Å². The molecule has 2 atom stereocenters. The van der Waals surface area contributed by atoms with Crippen LogP contribution >= 0.6 is 0 Å². The maximum absolute atomic E-state index is 13.7. The Kier molecular flexibility index (Phi) is 6.10. The minimum Gasteiger partial charge on any atom is -0.493 e. The molecule has 5 rings (SSSR count). The van der Waals surface area contributed by atoms with Crippen LogP contribution in [0.3, 0.4) is 0 Å². The molecule has 3 aliphatic heterocycles. The first-order chi connectivity index (χ1) is 17.0. The molecule has 0 aromatic heterocycles. The zero-order valence-corrected chi connectivity index (χ0v) is 20.2. The van der Waals surface area contributed by atoms with Crippen molar-refractivity contribution in [2.45, 2.75) is 32.0 Å². The van der Waals surface area contributed by atoms with Crippen LogP contribution in [0.2, 0.25) is 0 Å². The van der Waals surface area contributed by atoms with Gasteiger partial charge in [0.05, 0.1) is 31.0 Å². The van der Waals surface area contributed by atoms with Crippen LogP contribution in [0, 0.1) is 0 Å². The smallest absolute Gasteiger partial charge is 0.264 e. The molecule has 9 nitrogen and oxygen atoms in total. The first-order valence-corrected chi connectivity index (χ1v) is 12.0. The average molecular weight is 479 g/mol. The third-order valence-corrected chi connectivity index (χ3v) is 7.24. The summed E-state index contributed by atoms with van der Waals surface area (Å²) in [5, 5.41) is 3.01. The molecule has 0 saturated carbocycles. The minimum absolute atomic E-state index is 0.158. The van der Waals surface area contributed by atoms with E-state index in [4.69, 9.17) is 9.47 Å². The standard InChI is InChI=1S/C26H30N4O5/c1-4-28-13-7-8-16(28)14-27-21(31)15-29-24-18-11-12-20(34-2)23(35-3)22(18)26(33)30(24)19-10-6-5-9-17(19)25(29)32/h5-6,9-12,16,24H,4,7-8,13-15H2,1-3H3,(H,27,31)/t16-,24-/m0/s1. The van der Waals surface area contributed by atoms with E-state index in [1.54, 1.807) is 41.3 Å². The number of ether oxygens (including phenoxy) is 2. The highest BCUT2D eigenvalue weighted by Gasteiger charge is 2.50. The van der Waals surface area contributed by atoms with Gasteiger partial charge in [-0.3, -0.25) is 24.2 Å². The second-order valence-corrected chi connectivity index (χ2v) is 8.99. The number of likely N-dealkylation sites (N-methyl/N-ethyl adjacent to an activating group) is 1. The van der Waals surface area contributed by atoms with Gasteiger partial charge in [0, 0.05) is 18.2 Å². The molecule has 184 valence electrons. The van der Waals surface area contributed by atoms with Gasteiger partial charge in [0.25, 0.3) is 11.8 Å². The minimum atomic E-state index is -0.746. The van der Waals surface area contributed by atoms with Crippen LogP contribution in [0.4, 0.5) is 5.69 Å². The van der Waals surface area contributed by atoms with Gasteiger partial charge < -0.3 is 19.7 Å². The van der Waals surface area contributed by atoms with Crippen LogP contribution in [-0.4, -0.2) is 74.0 Å². The number of benzene rings is 2. The normalized spacial score (nSPS) is 21.0. The number of carbonyl (C=O) groups is 3. The van der Waals surface area contributed by atoms with Gasteiger partial charge in [-0.05, 0) is 44.1 Å². The summed E-state index contributed by atoms with van der Waals surface area (Å²) in [6.07, 6.45) is 1.42. The van der Waals surface area contributed by atoms with E-state index in [0.717, 1.165) is 25.9 Å². The van der Waals surface area contributed by atoms with Gasteiger partial charge in [-0.1, -0.05) is 25.1 Å². The number of nitrogens with zero attached hydrogens (tertiary/aromatic N) is 3. The number of rotatable bonds is 7. The zero-order valence-electron chi connectivity index (χ0n) is 20.2. The van der Waals surface area contributed by atoms with Crippen molar-refractivity contribution in [3.05, 3.63) is 53.1 Å². The fourth-order valence-electron chi connectivity index (χ4n) is 5.57. The molecular weight excluding hydrogens is 448 g/mol. The van der Waals surface area contributed by atoms with Crippen molar-refractivity contribution < 1.29 is 23.9 Å². The van der Waals surface area contributed by atoms with E-state index in [9.17, 15) is 14.4 Å². The Labute approximate surface area is 204 Å². The second kappa shape index (κ2) is 9.22. The predicted octanol–water partition coefficient (Wildman–Crippen LogP) is 2.42. The summed E-state index contributed by atoms with van der Waals surface area (Å²) >= 11 is 0. The number of hydrogen-bond donors (Lipinski definition) is 1. The lowest BCUT2D eigenvalue weighted by molar-refractivity contribution is -0.122. The molecule has 35 heavy (non-hydrogen) atoms. The predicted molar refractivity (Wildman–Crippen MR) is 130 cm³/mol. The van der Waals surface area contributed by atoms with Crippen molar-refractivity contribution in [2.24, 2.45) is 0 Å². The quantitative estimate of drug-likeness (QED) is 0.657. The number of amides is 3. The van der Waals surface area contributed by atoms with Crippen LogP contribution in [0.5, 0.6) is 11.5 Å². The Bertz CT molecular complexity index is 1180. The number of para-hydroxylation sites is 1. The zero-order chi connectivity index (χ0) is 24.7. The van der Waals surface area contributed by atoms with Crippen LogP contribution < -0.4 is 19.7 Å². The molecule has 0 spiro atoms. The van der Waals surface area contributed by atoms with Gasteiger partial charge in [0.1, 0.15) is 12.7 Å². The molecule has 1 N–H and O–H groups in total. The van der Waals surface area contributed by atoms with Gasteiger partial charge in [-0.15, -0.1) is 0 Å². The fraction of sp³-hybridized carbons (Fsp3) is 0.423. The molecular formula is C26H30N4O5. The Morgan fingerprint density at radius 2 is 1.89 bits per heavy atom. The number of hydrogen-bond acceptors (Lipinski definition) is 6. The third kappa shape index (κ3) is 3.70. The molecule has 0 radical (unpaired) electrons. The summed E-state index contributed by atoms with van der Waals surface area (Å²) in [5.41, 5.74) is 1.86. The van der Waals surface area contributed by atoms with Gasteiger partial charge in [-0.25, -0.2) is 0 Å². The molecule has 1 saturated heterocycles. The molecule has 3 amide bonds. The van der Waals surface area contributed by atoms with E-state index in [0.29, 0.717) is 46.5 Å². The number of fused-ring (bicyclic) bond motifs is 5. The topological polar surface area (TPSA) is 91.4 Å². The molecule has 0 aliphatic carbocycles. The van der Waals surface area contributed by atoms with Gasteiger partial charge in [-0.2, -0.15) is 0 Å². The summed E-state index contributed by atoms with van der Waals surface area (Å²) in [5.74, 6) is -0.0823. The SMILES string of the molecule is CCN1CCC[C@H]1CNC(=O)CN1C(=O)c2ccccc2N2C(=O)c3c(ccc(OC)c3OC)[C@@H]12. The first kappa shape index (κ1) is 23.2. The Morgan fingerprint density at radius 3 is 2.63 bits per heavy atom. The maximum atomic E-state index is 13.7. The van der Waals surface area contributed by atoms with Gasteiger partial charge in [0.15, 0.2) is 11.5 Å². The van der Waals surface area contributed by atoms with E-state index >= 15 is 0 Å². The van der Waals surface area contributed by atoms with E-state index in [2.05, 4.69) is 17.1 Å². The Morgan fingerprint density at radius 1 is 1.09 bits per heavy atom. The number of methoxy groups -OCH3 is 2. The second-order valence-electron chi connectivity index (χ2n) is 8.99. The van der Waals surface area contributed by atoms with E-state index in [1.165, 1.54) is 19.1 Å². The summed E-state index contributed by atoms with van der Waals surface area (Å²) < 4.78 is 10.9. The van der Waals surface area contributed by atoms with Crippen LogP contribution in [0.1, 0.15) is 52.2 Å². The lowest BCUT2D eigenvalue weighted by Crippen LogP contribution is -2.52. The number of nitrogens with one attached hydrogen (secondary N) is 1. The number of anilines is 1. The molecule has 0 unspecified atom stereocenters. The van der Waals surface area contributed by atoms with Crippen molar-refractivity contribution >= 4 is 23.4 Å². The van der Waals surface area contributed by atoms with Crippen molar-refractivity contribution in [1.82, 2.24) is 15.1 Å². The fourth-order valence-corrected chi connectivity index (χ4v) is 5.57. The molecule has 3 heterocycles. The molecule has 1 fully saturated rings. The Balaban J connectivity index is 1.49. The van der Waals surface area contributed by atoms with Crippen LogP contribution in [0.15, 0.2) is 36.4 Å². The van der Waals surface area contributed by atoms with E-state index in [1.807, 2.05) is 0 Å². The molecule has 3 aliphatic rings. The highest BCUT2D eigenvalue weighted by Crippen LogP contribution is 2.49. The number of carbonyl (C=O) groups excluding carboxylic acids is 3. The van der Waals surface area contributed by atoms with Crippen molar-refractivity contribution in [3.63, 3.8) is 0 Å². The van der Waals surface area contributed by atoms with Gasteiger partial charge in [0.2, 0.25) is 5.91 Å². The first-order valence-electron chi connectivity index (χ1n) is 12.0. The lowest BCUT2D eigenvalue weighted by atomic mass is 10.0. The average Bonchev–Trinajstić information content (AvgIpc) is 3.46. The largest absolute Gasteiger partial charge is 0.493 e. The summed E-state index contributed by atoms with van der Waals surface area (Å²) in [7, 11) is 2.99. The monoisotopic (exact) mass is 478 g/mol.